The van der Waals surface area contributed by atoms with E-state index in [0.717, 1.165) is 24.2 Å². The quantitative estimate of drug-likeness (QED) is 0.755. The first-order valence-corrected chi connectivity index (χ1v) is 7.60. The van der Waals surface area contributed by atoms with Crippen molar-refractivity contribution in [3.63, 3.8) is 0 Å². The SMILES string of the molecule is CCCC(Oc1ccc(OC)c(OC)c1)c1ccc(C#N)cc1. The average molecular weight is 311 g/mol. The van der Waals surface area contributed by atoms with E-state index in [4.69, 9.17) is 19.5 Å². The van der Waals surface area contributed by atoms with Crippen LogP contribution in [-0.4, -0.2) is 14.2 Å². The number of nitrogens with zero attached hydrogens (tertiary/aromatic N) is 1. The molecule has 0 aliphatic heterocycles. The molecule has 0 radical (unpaired) electrons. The average Bonchev–Trinajstić information content (AvgIpc) is 2.61. The van der Waals surface area contributed by atoms with Gasteiger partial charge in [-0.3, -0.25) is 0 Å². The lowest BCUT2D eigenvalue weighted by Crippen LogP contribution is -2.07. The summed E-state index contributed by atoms with van der Waals surface area (Å²) in [5.41, 5.74) is 1.70. The van der Waals surface area contributed by atoms with Crippen molar-refractivity contribution < 1.29 is 14.2 Å². The minimum absolute atomic E-state index is 0.0640. The molecule has 2 rings (SSSR count). The summed E-state index contributed by atoms with van der Waals surface area (Å²) >= 11 is 0. The molecule has 0 N–H and O–H groups in total. The van der Waals surface area contributed by atoms with Gasteiger partial charge < -0.3 is 14.2 Å². The van der Waals surface area contributed by atoms with Crippen LogP contribution in [0.15, 0.2) is 42.5 Å². The van der Waals surface area contributed by atoms with Crippen LogP contribution in [0.1, 0.15) is 37.0 Å². The lowest BCUT2D eigenvalue weighted by molar-refractivity contribution is 0.192. The highest BCUT2D eigenvalue weighted by molar-refractivity contribution is 5.45. The Bertz CT molecular complexity index is 674. The molecule has 4 heteroatoms. The van der Waals surface area contributed by atoms with Gasteiger partial charge in [-0.05, 0) is 36.2 Å². The van der Waals surface area contributed by atoms with E-state index < -0.39 is 0 Å². The Morgan fingerprint density at radius 3 is 2.26 bits per heavy atom. The number of nitriles is 1. The lowest BCUT2D eigenvalue weighted by atomic mass is 10.0. The summed E-state index contributed by atoms with van der Waals surface area (Å²) in [4.78, 5) is 0. The first kappa shape index (κ1) is 16.7. The summed E-state index contributed by atoms with van der Waals surface area (Å²) in [6.45, 7) is 2.12. The van der Waals surface area contributed by atoms with Gasteiger partial charge in [0.25, 0.3) is 0 Å². The maximum Gasteiger partial charge on any atom is 0.164 e. The molecule has 120 valence electrons. The number of benzene rings is 2. The van der Waals surface area contributed by atoms with Crippen molar-refractivity contribution in [1.82, 2.24) is 0 Å². The first-order valence-electron chi connectivity index (χ1n) is 7.60. The van der Waals surface area contributed by atoms with Crippen molar-refractivity contribution in [2.45, 2.75) is 25.9 Å². The molecule has 2 aromatic carbocycles. The molecule has 0 amide bonds. The van der Waals surface area contributed by atoms with E-state index in [9.17, 15) is 0 Å². The van der Waals surface area contributed by atoms with Crippen molar-refractivity contribution in [3.05, 3.63) is 53.6 Å². The number of rotatable bonds is 7. The molecule has 0 aliphatic carbocycles. The Morgan fingerprint density at radius 1 is 1.00 bits per heavy atom. The Hall–Kier alpha value is -2.67. The predicted octanol–water partition coefficient (Wildman–Crippen LogP) is 4.50. The van der Waals surface area contributed by atoms with Crippen LogP contribution in [0, 0.1) is 11.3 Å². The largest absolute Gasteiger partial charge is 0.493 e. The molecule has 0 aromatic heterocycles. The highest BCUT2D eigenvalue weighted by atomic mass is 16.5. The Balaban J connectivity index is 2.23. The molecular weight excluding hydrogens is 290 g/mol. The zero-order valence-electron chi connectivity index (χ0n) is 13.7. The minimum atomic E-state index is -0.0640. The maximum atomic E-state index is 8.91. The molecule has 0 saturated heterocycles. The first-order chi connectivity index (χ1) is 11.2. The highest BCUT2D eigenvalue weighted by Gasteiger charge is 2.14. The van der Waals surface area contributed by atoms with E-state index in [0.29, 0.717) is 17.1 Å². The predicted molar refractivity (Wildman–Crippen MR) is 89.0 cm³/mol. The summed E-state index contributed by atoms with van der Waals surface area (Å²) in [6, 6.07) is 15.2. The van der Waals surface area contributed by atoms with Gasteiger partial charge in [0, 0.05) is 6.07 Å². The van der Waals surface area contributed by atoms with Gasteiger partial charge >= 0.3 is 0 Å². The third kappa shape index (κ3) is 4.17. The summed E-state index contributed by atoms with van der Waals surface area (Å²) in [5.74, 6) is 2.04. The smallest absolute Gasteiger partial charge is 0.164 e. The third-order valence-corrected chi connectivity index (χ3v) is 3.60. The molecule has 1 atom stereocenters. The van der Waals surface area contributed by atoms with E-state index in [1.54, 1.807) is 14.2 Å². The van der Waals surface area contributed by atoms with Crippen molar-refractivity contribution in [2.75, 3.05) is 14.2 Å². The molecule has 0 bridgehead atoms. The molecule has 23 heavy (non-hydrogen) atoms. The van der Waals surface area contributed by atoms with Crippen LogP contribution in [-0.2, 0) is 0 Å². The van der Waals surface area contributed by atoms with Gasteiger partial charge in [-0.2, -0.15) is 5.26 Å². The van der Waals surface area contributed by atoms with Gasteiger partial charge in [-0.1, -0.05) is 25.5 Å². The van der Waals surface area contributed by atoms with E-state index in [2.05, 4.69) is 13.0 Å². The molecule has 1 unspecified atom stereocenters. The molecule has 0 spiro atoms. The Labute approximate surface area is 137 Å². The normalized spacial score (nSPS) is 11.4. The van der Waals surface area contributed by atoms with Crippen molar-refractivity contribution in [2.24, 2.45) is 0 Å². The zero-order chi connectivity index (χ0) is 16.7. The van der Waals surface area contributed by atoms with Crippen LogP contribution >= 0.6 is 0 Å². The lowest BCUT2D eigenvalue weighted by Gasteiger charge is -2.20. The highest BCUT2D eigenvalue weighted by Crippen LogP contribution is 2.34. The van der Waals surface area contributed by atoms with E-state index in [-0.39, 0.29) is 6.10 Å². The minimum Gasteiger partial charge on any atom is -0.493 e. The summed E-state index contributed by atoms with van der Waals surface area (Å²) < 4.78 is 16.7. The molecule has 4 nitrogen and oxygen atoms in total. The van der Waals surface area contributed by atoms with Crippen molar-refractivity contribution in [1.29, 1.82) is 5.26 Å². The maximum absolute atomic E-state index is 8.91. The fourth-order valence-electron chi connectivity index (χ4n) is 2.38. The molecule has 0 fully saturated rings. The summed E-state index contributed by atoms with van der Waals surface area (Å²) in [6.07, 6.45) is 1.82. The van der Waals surface area contributed by atoms with E-state index >= 15 is 0 Å². The second-order valence-electron chi connectivity index (χ2n) is 5.15. The monoisotopic (exact) mass is 311 g/mol. The molecule has 0 saturated carbocycles. The van der Waals surface area contributed by atoms with E-state index in [1.165, 1.54) is 0 Å². The standard InChI is InChI=1S/C19H21NO3/c1-4-5-17(15-8-6-14(13-20)7-9-15)23-16-10-11-18(21-2)19(12-16)22-3/h6-12,17H,4-5H2,1-3H3. The Morgan fingerprint density at radius 2 is 1.70 bits per heavy atom. The van der Waals surface area contributed by atoms with Crippen LogP contribution in [0.5, 0.6) is 17.2 Å². The van der Waals surface area contributed by atoms with Crippen molar-refractivity contribution >= 4 is 0 Å². The van der Waals surface area contributed by atoms with Gasteiger partial charge in [0.1, 0.15) is 11.9 Å². The molecular formula is C19H21NO3. The van der Waals surface area contributed by atoms with Gasteiger partial charge in [0.15, 0.2) is 11.5 Å². The Kier molecular flexibility index (Phi) is 5.87. The van der Waals surface area contributed by atoms with Gasteiger partial charge in [-0.25, -0.2) is 0 Å². The fraction of sp³-hybridized carbons (Fsp3) is 0.316. The molecule has 0 aliphatic rings. The van der Waals surface area contributed by atoms with Crippen LogP contribution in [0.3, 0.4) is 0 Å². The summed E-state index contributed by atoms with van der Waals surface area (Å²) in [7, 11) is 3.21. The second kappa shape index (κ2) is 8.09. The second-order valence-corrected chi connectivity index (χ2v) is 5.15. The van der Waals surface area contributed by atoms with Crippen molar-refractivity contribution in [3.8, 4) is 23.3 Å². The van der Waals surface area contributed by atoms with Crippen LogP contribution < -0.4 is 14.2 Å². The van der Waals surface area contributed by atoms with E-state index in [1.807, 2.05) is 42.5 Å². The number of hydrogen-bond acceptors (Lipinski definition) is 4. The van der Waals surface area contributed by atoms with Crippen LogP contribution in [0.25, 0.3) is 0 Å². The molecule has 2 aromatic rings. The third-order valence-electron chi connectivity index (χ3n) is 3.60. The number of ether oxygens (including phenoxy) is 3. The number of methoxy groups -OCH3 is 2. The van der Waals surface area contributed by atoms with Crippen LogP contribution in [0.2, 0.25) is 0 Å². The fourth-order valence-corrected chi connectivity index (χ4v) is 2.38. The van der Waals surface area contributed by atoms with Crippen LogP contribution in [0.4, 0.5) is 0 Å². The topological polar surface area (TPSA) is 51.5 Å². The summed E-state index contributed by atoms with van der Waals surface area (Å²) in [5, 5.41) is 8.91. The van der Waals surface area contributed by atoms with Gasteiger partial charge in [-0.15, -0.1) is 0 Å². The van der Waals surface area contributed by atoms with Gasteiger partial charge in [0.2, 0.25) is 0 Å². The molecule has 0 heterocycles. The zero-order valence-corrected chi connectivity index (χ0v) is 13.7. The number of hydrogen-bond donors (Lipinski definition) is 0. The van der Waals surface area contributed by atoms with Gasteiger partial charge in [0.05, 0.1) is 25.9 Å².